The van der Waals surface area contributed by atoms with E-state index in [1.54, 1.807) is 15.4 Å². The molecule has 2 aliphatic rings. The summed E-state index contributed by atoms with van der Waals surface area (Å²) in [5, 5.41) is 0. The van der Waals surface area contributed by atoms with Crippen LogP contribution in [-0.4, -0.2) is 42.2 Å². The van der Waals surface area contributed by atoms with E-state index in [0.29, 0.717) is 0 Å². The average molecular weight is 393 g/mol. The maximum absolute atomic E-state index is 12.4. The molecule has 3 aromatic rings. The monoisotopic (exact) mass is 392 g/mol. The number of rotatable bonds is 4. The molecule has 1 saturated heterocycles. The summed E-state index contributed by atoms with van der Waals surface area (Å²) in [4.78, 5) is 20.3. The zero-order chi connectivity index (χ0) is 19.8. The Morgan fingerprint density at radius 1 is 1.03 bits per heavy atom. The smallest absolute Gasteiger partial charge is 0.258 e. The Morgan fingerprint density at radius 3 is 2.66 bits per heavy atom. The molecule has 1 fully saturated rings. The molecule has 0 saturated carbocycles. The summed E-state index contributed by atoms with van der Waals surface area (Å²) in [6, 6.07) is 12.3. The summed E-state index contributed by atoms with van der Waals surface area (Å²) in [5.74, 6) is 1.06. The number of nitrogens with one attached hydrogen (secondary N) is 2. The number of quaternary nitrogens is 2. The predicted octanol–water partition coefficient (Wildman–Crippen LogP) is -0.579. The molecule has 0 radical (unpaired) electrons. The van der Waals surface area contributed by atoms with Crippen LogP contribution in [0.2, 0.25) is 0 Å². The van der Waals surface area contributed by atoms with Gasteiger partial charge in [0.1, 0.15) is 56.4 Å². The SMILES string of the molecule is Cc1ccc2nc(C[NH+]3CC[NH+](Cc4ccc5c(c4)CCO5)CC3)cc(=O)n2c1. The van der Waals surface area contributed by atoms with Gasteiger partial charge in [-0.05, 0) is 42.3 Å². The van der Waals surface area contributed by atoms with Crippen LogP contribution in [0.5, 0.6) is 5.75 Å². The van der Waals surface area contributed by atoms with Gasteiger partial charge in [0.15, 0.2) is 0 Å². The van der Waals surface area contributed by atoms with Crippen molar-refractivity contribution in [2.45, 2.75) is 26.4 Å². The van der Waals surface area contributed by atoms with Crippen LogP contribution in [0, 0.1) is 6.92 Å². The Bertz CT molecular complexity index is 1100. The highest BCUT2D eigenvalue weighted by Crippen LogP contribution is 2.25. The molecule has 2 N–H and O–H groups in total. The van der Waals surface area contributed by atoms with Gasteiger partial charge >= 0.3 is 0 Å². The van der Waals surface area contributed by atoms with Crippen molar-refractivity contribution >= 4 is 5.65 Å². The third kappa shape index (κ3) is 3.91. The molecule has 0 spiro atoms. The van der Waals surface area contributed by atoms with Gasteiger partial charge in [0, 0.05) is 24.2 Å². The van der Waals surface area contributed by atoms with E-state index in [2.05, 4.69) is 18.2 Å². The zero-order valence-electron chi connectivity index (χ0n) is 16.9. The predicted molar refractivity (Wildman–Crippen MR) is 111 cm³/mol. The Kier molecular flexibility index (Phi) is 4.81. The fourth-order valence-electron chi connectivity index (χ4n) is 4.55. The van der Waals surface area contributed by atoms with Crippen LogP contribution in [0.3, 0.4) is 0 Å². The van der Waals surface area contributed by atoms with Gasteiger partial charge < -0.3 is 14.5 Å². The molecule has 6 nitrogen and oxygen atoms in total. The highest BCUT2D eigenvalue weighted by Gasteiger charge is 2.24. The van der Waals surface area contributed by atoms with Crippen LogP contribution in [0.25, 0.3) is 5.65 Å². The number of nitrogens with zero attached hydrogens (tertiary/aromatic N) is 2. The third-order valence-electron chi connectivity index (χ3n) is 6.16. The van der Waals surface area contributed by atoms with Gasteiger partial charge in [0.2, 0.25) is 0 Å². The van der Waals surface area contributed by atoms with Crippen molar-refractivity contribution in [2.75, 3.05) is 32.8 Å². The molecule has 0 amide bonds. The van der Waals surface area contributed by atoms with Crippen LogP contribution in [0.1, 0.15) is 22.4 Å². The van der Waals surface area contributed by atoms with Gasteiger partial charge in [-0.25, -0.2) is 4.98 Å². The first-order valence-electron chi connectivity index (χ1n) is 10.5. The molecule has 0 atom stereocenters. The topological polar surface area (TPSA) is 52.5 Å². The molecule has 2 aliphatic heterocycles. The summed E-state index contributed by atoms with van der Waals surface area (Å²) in [7, 11) is 0. The lowest BCUT2D eigenvalue weighted by molar-refractivity contribution is -1.02. The normalized spacial score (nSPS) is 21.1. The minimum Gasteiger partial charge on any atom is -0.493 e. The minimum atomic E-state index is 0.0120. The van der Waals surface area contributed by atoms with Crippen molar-refractivity contribution in [1.29, 1.82) is 0 Å². The second kappa shape index (κ2) is 7.61. The Morgan fingerprint density at radius 2 is 1.83 bits per heavy atom. The maximum atomic E-state index is 12.4. The van der Waals surface area contributed by atoms with E-state index in [1.807, 2.05) is 25.3 Å². The second-order valence-corrected chi connectivity index (χ2v) is 8.41. The summed E-state index contributed by atoms with van der Waals surface area (Å²) < 4.78 is 7.25. The number of aromatic nitrogens is 2. The van der Waals surface area contributed by atoms with Crippen molar-refractivity contribution in [1.82, 2.24) is 9.38 Å². The Hall–Kier alpha value is -2.70. The van der Waals surface area contributed by atoms with Crippen LogP contribution in [0.15, 0.2) is 47.4 Å². The number of hydrogen-bond acceptors (Lipinski definition) is 3. The van der Waals surface area contributed by atoms with Crippen molar-refractivity contribution in [3.63, 3.8) is 0 Å². The van der Waals surface area contributed by atoms with Crippen LogP contribution in [-0.2, 0) is 19.5 Å². The molecule has 5 rings (SSSR count). The molecular formula is C23H28N4O2+2. The van der Waals surface area contributed by atoms with E-state index in [0.717, 1.165) is 75.0 Å². The number of piperazine rings is 1. The van der Waals surface area contributed by atoms with Gasteiger partial charge in [0.05, 0.1) is 6.61 Å². The highest BCUT2D eigenvalue weighted by atomic mass is 16.5. The van der Waals surface area contributed by atoms with Gasteiger partial charge in [-0.2, -0.15) is 0 Å². The van der Waals surface area contributed by atoms with Crippen LogP contribution < -0.4 is 20.1 Å². The molecular weight excluding hydrogens is 364 g/mol. The van der Waals surface area contributed by atoms with E-state index in [4.69, 9.17) is 9.72 Å². The molecule has 150 valence electrons. The van der Waals surface area contributed by atoms with E-state index in [9.17, 15) is 4.79 Å². The van der Waals surface area contributed by atoms with Gasteiger partial charge in [0.25, 0.3) is 5.56 Å². The number of fused-ring (bicyclic) bond motifs is 2. The van der Waals surface area contributed by atoms with Gasteiger partial charge in [-0.1, -0.05) is 6.07 Å². The van der Waals surface area contributed by atoms with Gasteiger partial charge in [-0.15, -0.1) is 0 Å². The van der Waals surface area contributed by atoms with E-state index >= 15 is 0 Å². The lowest BCUT2D eigenvalue weighted by Gasteiger charge is -2.29. The lowest BCUT2D eigenvalue weighted by Crippen LogP contribution is -3.27. The van der Waals surface area contributed by atoms with Crippen molar-refractivity contribution in [3.8, 4) is 5.75 Å². The van der Waals surface area contributed by atoms with Gasteiger partial charge in [-0.3, -0.25) is 9.20 Å². The lowest BCUT2D eigenvalue weighted by atomic mass is 10.1. The quantitative estimate of drug-likeness (QED) is 0.625. The van der Waals surface area contributed by atoms with E-state index < -0.39 is 0 Å². The fraction of sp³-hybridized carbons (Fsp3) is 0.391. The summed E-state index contributed by atoms with van der Waals surface area (Å²) in [5.41, 5.74) is 5.48. The highest BCUT2D eigenvalue weighted by molar-refractivity contribution is 5.40. The Balaban J connectivity index is 1.20. The number of ether oxygens (including phenoxy) is 1. The number of pyridine rings is 1. The van der Waals surface area contributed by atoms with E-state index in [1.165, 1.54) is 16.0 Å². The Labute approximate surface area is 170 Å². The fourth-order valence-corrected chi connectivity index (χ4v) is 4.55. The van der Waals surface area contributed by atoms with Crippen molar-refractivity contribution in [2.24, 2.45) is 0 Å². The third-order valence-corrected chi connectivity index (χ3v) is 6.16. The van der Waals surface area contributed by atoms with Crippen LogP contribution >= 0.6 is 0 Å². The summed E-state index contributed by atoms with van der Waals surface area (Å²) in [6.45, 7) is 9.22. The molecule has 0 unspecified atom stereocenters. The number of benzene rings is 1. The second-order valence-electron chi connectivity index (χ2n) is 8.41. The van der Waals surface area contributed by atoms with Crippen molar-refractivity contribution in [3.05, 3.63) is 75.3 Å². The molecule has 2 aromatic heterocycles. The van der Waals surface area contributed by atoms with E-state index in [-0.39, 0.29) is 5.56 Å². The first-order chi connectivity index (χ1) is 14.1. The molecule has 6 heteroatoms. The standard InChI is InChI=1S/C23H26N4O2/c1-17-2-5-22-24-20(13-23(28)27(22)14-17)16-26-9-7-25(8-10-26)15-18-3-4-21-19(12-18)6-11-29-21/h2-5,12-14H,6-11,15-16H2,1H3/p+2. The number of aryl methyl sites for hydroxylation is 1. The summed E-state index contributed by atoms with van der Waals surface area (Å²) >= 11 is 0. The van der Waals surface area contributed by atoms with Crippen molar-refractivity contribution < 1.29 is 14.5 Å². The molecule has 29 heavy (non-hydrogen) atoms. The molecule has 0 bridgehead atoms. The zero-order valence-corrected chi connectivity index (χ0v) is 16.9. The van der Waals surface area contributed by atoms with Crippen LogP contribution in [0.4, 0.5) is 0 Å². The molecule has 1 aromatic carbocycles. The average Bonchev–Trinajstić information content (AvgIpc) is 3.18. The first kappa shape index (κ1) is 18.3. The summed E-state index contributed by atoms with van der Waals surface area (Å²) in [6.07, 6.45) is 2.89. The first-order valence-corrected chi connectivity index (χ1v) is 10.5. The largest absolute Gasteiger partial charge is 0.493 e. The molecule has 0 aliphatic carbocycles. The number of hydrogen-bond donors (Lipinski definition) is 2. The maximum Gasteiger partial charge on any atom is 0.258 e. The minimum absolute atomic E-state index is 0.0120. The molecule has 4 heterocycles.